The fraction of sp³-hybridized carbons (Fsp3) is 0.846. The number of ether oxygens (including phenoxy) is 1. The van der Waals surface area contributed by atoms with E-state index >= 15 is 0 Å². The molecule has 0 unspecified atom stereocenters. The first-order valence-corrected chi connectivity index (χ1v) is 16.3. The second kappa shape index (κ2) is 30.7. The van der Waals surface area contributed by atoms with E-state index in [1.54, 1.807) is 4.90 Å². The summed E-state index contributed by atoms with van der Waals surface area (Å²) in [5.74, 6) is 0. The molecule has 0 heterocycles. The van der Waals surface area contributed by atoms with E-state index in [9.17, 15) is 4.79 Å². The Balaban J connectivity index is -0.000000143. The Bertz CT molecular complexity index is 403. The standard InChI is InChI=1S/C14H28NO2Si.3C4H10N.Ti/c1-9-10-13(18(6,7)8)17-14(16)15(11(2)3)12(4)5;3*1-3-5-4-2;/h9-12H,1-8H3;3*3-4H2,1-2H3;/q4*-1;+4/b10-9-;;;;. The van der Waals surface area contributed by atoms with Gasteiger partial charge in [-0.25, -0.2) is 10.9 Å². The van der Waals surface area contributed by atoms with Crippen molar-refractivity contribution in [3.63, 3.8) is 0 Å². The average molecular weight is 535 g/mol. The first-order valence-electron chi connectivity index (χ1n) is 12.8. The Labute approximate surface area is 230 Å². The SMILES string of the molecule is C/C=C\[C-](OC(=O)N(C(C)C)C(C)C)[Si](C)(C)C.CC[N-]CC.CC[N-]CC.CC[N-]CC.[Ti+4]. The molecule has 0 bridgehead atoms. The third-order valence-electron chi connectivity index (χ3n) is 3.92. The fourth-order valence-electron chi connectivity index (χ4n) is 2.42. The van der Waals surface area contributed by atoms with Crippen LogP contribution in [0.2, 0.25) is 19.6 Å². The van der Waals surface area contributed by atoms with Crippen LogP contribution in [0.15, 0.2) is 12.2 Å². The first kappa shape index (κ1) is 43.7. The zero-order valence-corrected chi connectivity index (χ0v) is 27.7. The minimum Gasteiger partial charge on any atom is -0.663 e. The molecular formula is C26H58N4O2SiTi. The van der Waals surface area contributed by atoms with Crippen LogP contribution in [0.4, 0.5) is 4.79 Å². The van der Waals surface area contributed by atoms with Crippen LogP contribution in [0, 0.1) is 5.73 Å². The van der Waals surface area contributed by atoms with Gasteiger partial charge in [0.05, 0.1) is 0 Å². The maximum atomic E-state index is 12.2. The van der Waals surface area contributed by atoms with Gasteiger partial charge in [0.15, 0.2) is 0 Å². The molecular weight excluding hydrogens is 476 g/mol. The third-order valence-corrected chi connectivity index (χ3v) is 5.67. The molecule has 0 aliphatic rings. The number of nitrogens with zero attached hydrogens (tertiary/aromatic N) is 4. The van der Waals surface area contributed by atoms with E-state index in [1.165, 1.54) is 0 Å². The molecule has 0 aliphatic heterocycles. The van der Waals surface area contributed by atoms with E-state index in [0.29, 0.717) is 0 Å². The predicted molar refractivity (Wildman–Crippen MR) is 153 cm³/mol. The van der Waals surface area contributed by atoms with Crippen molar-refractivity contribution in [1.29, 1.82) is 0 Å². The molecule has 0 saturated carbocycles. The number of carbonyl (C=O) groups excluding carboxylic acids is 1. The van der Waals surface area contributed by atoms with Crippen LogP contribution in [0.25, 0.3) is 16.0 Å². The van der Waals surface area contributed by atoms with E-state index in [2.05, 4.69) is 35.6 Å². The van der Waals surface area contributed by atoms with Crippen molar-refractivity contribution < 1.29 is 31.2 Å². The first-order chi connectivity index (χ1) is 15.3. The van der Waals surface area contributed by atoms with E-state index in [0.717, 1.165) is 45.0 Å². The van der Waals surface area contributed by atoms with Gasteiger partial charge in [-0.15, -0.1) is 6.92 Å². The third kappa shape index (κ3) is 31.7. The maximum Gasteiger partial charge on any atom is 4.00 e. The Morgan fingerprint density at radius 1 is 0.794 bits per heavy atom. The molecule has 0 aromatic carbocycles. The zero-order valence-electron chi connectivity index (χ0n) is 25.2. The maximum absolute atomic E-state index is 12.2. The van der Waals surface area contributed by atoms with Gasteiger partial charge >= 0.3 is 27.8 Å². The summed E-state index contributed by atoms with van der Waals surface area (Å²) in [6.07, 6.45) is 3.61. The van der Waals surface area contributed by atoms with Gasteiger partial charge < -0.3 is 25.6 Å². The van der Waals surface area contributed by atoms with Gasteiger partial charge in [-0.1, -0.05) is 66.9 Å². The second-order valence-corrected chi connectivity index (χ2v) is 13.6. The molecule has 0 saturated heterocycles. The molecule has 1 amide bonds. The second-order valence-electron chi connectivity index (χ2n) is 8.65. The monoisotopic (exact) mass is 534 g/mol. The molecule has 0 N–H and O–H groups in total. The number of rotatable bonds is 11. The number of hydrogen-bond acceptors (Lipinski definition) is 2. The van der Waals surface area contributed by atoms with E-state index in [1.807, 2.05) is 88.3 Å². The fourth-order valence-corrected chi connectivity index (χ4v) is 3.48. The number of allylic oxidation sites excluding steroid dienone is 1. The van der Waals surface area contributed by atoms with Crippen LogP contribution in [0.5, 0.6) is 0 Å². The Hall–Kier alpha value is -0.309. The number of carbonyl (C=O) groups is 1. The molecule has 0 fully saturated rings. The van der Waals surface area contributed by atoms with Crippen LogP contribution in [0.1, 0.15) is 76.2 Å². The molecule has 0 aromatic rings. The van der Waals surface area contributed by atoms with Gasteiger partial charge in [0.25, 0.3) is 0 Å². The van der Waals surface area contributed by atoms with Crippen molar-refractivity contribution in [3.8, 4) is 0 Å². The van der Waals surface area contributed by atoms with Gasteiger partial charge in [-0.05, 0) is 27.7 Å². The topological polar surface area (TPSA) is 71.8 Å². The van der Waals surface area contributed by atoms with Crippen LogP contribution in [-0.4, -0.2) is 70.4 Å². The minimum absolute atomic E-state index is 0. The van der Waals surface area contributed by atoms with Gasteiger partial charge in [-0.2, -0.15) is 45.3 Å². The largest absolute Gasteiger partial charge is 4.00 e. The molecule has 0 aliphatic carbocycles. The Morgan fingerprint density at radius 2 is 1.09 bits per heavy atom. The van der Waals surface area contributed by atoms with Crippen LogP contribution in [-0.2, 0) is 26.5 Å². The summed E-state index contributed by atoms with van der Waals surface area (Å²) in [5.41, 5.74) is 0.835. The van der Waals surface area contributed by atoms with Crippen molar-refractivity contribution >= 4 is 14.2 Å². The minimum atomic E-state index is -1.63. The smallest absolute Gasteiger partial charge is 0.663 e. The van der Waals surface area contributed by atoms with Crippen molar-refractivity contribution in [1.82, 2.24) is 4.90 Å². The molecule has 6 nitrogen and oxygen atoms in total. The zero-order chi connectivity index (χ0) is 26.9. The van der Waals surface area contributed by atoms with Gasteiger partial charge in [-0.3, -0.25) is 0 Å². The van der Waals surface area contributed by atoms with Gasteiger partial charge in [0.2, 0.25) is 0 Å². The summed E-state index contributed by atoms with van der Waals surface area (Å²) in [4.78, 5) is 14.0. The predicted octanol–water partition coefficient (Wildman–Crippen LogP) is 8.42. The molecule has 0 spiro atoms. The summed E-state index contributed by atoms with van der Waals surface area (Å²) in [7, 11) is -1.63. The van der Waals surface area contributed by atoms with E-state index in [4.69, 9.17) is 4.74 Å². The molecule has 202 valence electrons. The average Bonchev–Trinajstić information content (AvgIpc) is 2.70. The van der Waals surface area contributed by atoms with Crippen LogP contribution >= 0.6 is 0 Å². The van der Waals surface area contributed by atoms with Crippen molar-refractivity contribution in [2.75, 3.05) is 39.3 Å². The van der Waals surface area contributed by atoms with Crippen molar-refractivity contribution in [2.45, 2.75) is 108 Å². The van der Waals surface area contributed by atoms with Crippen molar-refractivity contribution in [2.24, 2.45) is 0 Å². The Kier molecular flexibility index (Phi) is 39.5. The van der Waals surface area contributed by atoms with Crippen molar-refractivity contribution in [3.05, 3.63) is 33.8 Å². The number of hydrogen-bond donors (Lipinski definition) is 0. The van der Waals surface area contributed by atoms with Gasteiger partial charge in [0.1, 0.15) is 0 Å². The Morgan fingerprint density at radius 3 is 1.24 bits per heavy atom. The normalized spacial score (nSPS) is 10.2. The summed E-state index contributed by atoms with van der Waals surface area (Å²) in [6.45, 7) is 34.6. The van der Waals surface area contributed by atoms with E-state index < -0.39 is 8.07 Å². The van der Waals surface area contributed by atoms with Gasteiger partial charge in [0, 0.05) is 20.2 Å². The molecule has 0 aromatic heterocycles. The van der Waals surface area contributed by atoms with Crippen LogP contribution in [0.3, 0.4) is 0 Å². The van der Waals surface area contributed by atoms with E-state index in [-0.39, 0.29) is 39.9 Å². The summed E-state index contributed by atoms with van der Waals surface area (Å²) < 4.78 is 5.62. The number of amides is 1. The molecule has 8 heteroatoms. The molecule has 0 atom stereocenters. The van der Waals surface area contributed by atoms with Crippen LogP contribution < -0.4 is 0 Å². The molecule has 34 heavy (non-hydrogen) atoms. The quantitative estimate of drug-likeness (QED) is 0.197. The molecule has 0 radical (unpaired) electrons. The summed E-state index contributed by atoms with van der Waals surface area (Å²) in [6, 6.07) is 0.289. The molecule has 0 rings (SSSR count). The summed E-state index contributed by atoms with van der Waals surface area (Å²) >= 11 is 0. The summed E-state index contributed by atoms with van der Waals surface area (Å²) in [5, 5.41) is 11.9.